The summed E-state index contributed by atoms with van der Waals surface area (Å²) in [5.74, 6) is -1.01. The van der Waals surface area contributed by atoms with Gasteiger partial charge in [0.25, 0.3) is 0 Å². The van der Waals surface area contributed by atoms with Gasteiger partial charge >= 0.3 is 5.97 Å². The number of carbonyl (C=O) groups excluding carboxylic acids is 1. The number of rotatable bonds is 6. The Morgan fingerprint density at radius 2 is 2.08 bits per heavy atom. The van der Waals surface area contributed by atoms with Crippen LogP contribution in [0.15, 0.2) is 0 Å². The van der Waals surface area contributed by atoms with Gasteiger partial charge in [-0.2, -0.15) is 0 Å². The second-order valence-electron chi connectivity index (χ2n) is 2.93. The molecule has 13 heavy (non-hydrogen) atoms. The van der Waals surface area contributed by atoms with Crippen LogP contribution in [0.2, 0.25) is 0 Å². The monoisotopic (exact) mass is 188 g/mol. The lowest BCUT2D eigenvalue weighted by atomic mass is 10.2. The molecule has 0 fully saturated rings. The summed E-state index contributed by atoms with van der Waals surface area (Å²) in [6.07, 6.45) is 1.40. The van der Waals surface area contributed by atoms with Crippen molar-refractivity contribution in [3.63, 3.8) is 0 Å². The average Bonchev–Trinajstić information content (AvgIpc) is 2.02. The third-order valence-corrected chi connectivity index (χ3v) is 1.53. The summed E-state index contributed by atoms with van der Waals surface area (Å²) < 4.78 is 0. The topological polar surface area (TPSA) is 92.4 Å². The zero-order chi connectivity index (χ0) is 10.3. The Morgan fingerprint density at radius 3 is 2.54 bits per heavy atom. The molecular formula is C8H16N2O3. The lowest BCUT2D eigenvalue weighted by molar-refractivity contribution is -0.137. The molecule has 0 aromatic carbocycles. The van der Waals surface area contributed by atoms with Crippen LogP contribution in [0.3, 0.4) is 0 Å². The highest BCUT2D eigenvalue weighted by atomic mass is 16.4. The first-order valence-electron chi connectivity index (χ1n) is 4.29. The number of carboxylic acids is 1. The van der Waals surface area contributed by atoms with Crippen molar-refractivity contribution in [3.8, 4) is 0 Å². The lowest BCUT2D eigenvalue weighted by Crippen LogP contribution is -2.38. The molecule has 76 valence electrons. The quantitative estimate of drug-likeness (QED) is 0.499. The van der Waals surface area contributed by atoms with Crippen molar-refractivity contribution < 1.29 is 14.7 Å². The number of carboxylic acid groups (broad SMARTS) is 1. The summed E-state index contributed by atoms with van der Waals surface area (Å²) in [7, 11) is 0. The molecule has 0 aliphatic rings. The fourth-order valence-corrected chi connectivity index (χ4v) is 0.774. The zero-order valence-corrected chi connectivity index (χ0v) is 7.75. The second kappa shape index (κ2) is 6.42. The first-order chi connectivity index (χ1) is 6.04. The van der Waals surface area contributed by atoms with E-state index in [0.717, 1.165) is 0 Å². The van der Waals surface area contributed by atoms with Gasteiger partial charge in [-0.3, -0.25) is 9.59 Å². The molecule has 0 rings (SSSR count). The predicted octanol–water partition coefficient (Wildman–Crippen LogP) is -0.295. The molecule has 0 saturated heterocycles. The molecule has 0 aromatic rings. The first kappa shape index (κ1) is 11.9. The summed E-state index contributed by atoms with van der Waals surface area (Å²) in [5.41, 5.74) is 5.29. The van der Waals surface area contributed by atoms with Crippen LogP contribution in [0.4, 0.5) is 0 Å². The van der Waals surface area contributed by atoms with E-state index in [1.807, 2.05) is 0 Å². The molecule has 0 bridgehead atoms. The molecule has 5 heteroatoms. The van der Waals surface area contributed by atoms with Crippen LogP contribution in [0.1, 0.15) is 26.2 Å². The number of nitrogens with two attached hydrogens (primary N) is 1. The third-order valence-electron chi connectivity index (χ3n) is 1.53. The Kier molecular flexibility index (Phi) is 5.88. The van der Waals surface area contributed by atoms with Crippen LogP contribution in [0, 0.1) is 0 Å². The van der Waals surface area contributed by atoms with Gasteiger partial charge in [-0.25, -0.2) is 0 Å². The molecule has 0 saturated carbocycles. The fraction of sp³-hybridized carbons (Fsp3) is 0.750. The Morgan fingerprint density at radius 1 is 1.46 bits per heavy atom. The molecule has 0 aromatic heterocycles. The molecule has 0 radical (unpaired) electrons. The van der Waals surface area contributed by atoms with Gasteiger partial charge in [0.1, 0.15) is 0 Å². The zero-order valence-electron chi connectivity index (χ0n) is 7.75. The Hall–Kier alpha value is -1.10. The Balaban J connectivity index is 3.26. The summed E-state index contributed by atoms with van der Waals surface area (Å²) in [4.78, 5) is 21.0. The molecule has 1 atom stereocenters. The SMILES string of the molecule is CC(N)C(=O)NCCCCC(=O)O. The summed E-state index contributed by atoms with van der Waals surface area (Å²) in [6.45, 7) is 2.10. The van der Waals surface area contributed by atoms with Crippen LogP contribution in [0.25, 0.3) is 0 Å². The molecule has 1 unspecified atom stereocenters. The summed E-state index contributed by atoms with van der Waals surface area (Å²) >= 11 is 0. The van der Waals surface area contributed by atoms with Crippen molar-refractivity contribution in [3.05, 3.63) is 0 Å². The van der Waals surface area contributed by atoms with E-state index in [0.29, 0.717) is 19.4 Å². The van der Waals surface area contributed by atoms with Crippen molar-refractivity contribution >= 4 is 11.9 Å². The van der Waals surface area contributed by atoms with Crippen molar-refractivity contribution in [2.24, 2.45) is 5.73 Å². The minimum Gasteiger partial charge on any atom is -0.481 e. The minimum absolute atomic E-state index is 0.147. The molecule has 1 amide bonds. The average molecular weight is 188 g/mol. The first-order valence-corrected chi connectivity index (χ1v) is 4.29. The van der Waals surface area contributed by atoms with E-state index < -0.39 is 12.0 Å². The molecule has 0 spiro atoms. The van der Waals surface area contributed by atoms with E-state index in [-0.39, 0.29) is 12.3 Å². The second-order valence-corrected chi connectivity index (χ2v) is 2.93. The summed E-state index contributed by atoms with van der Waals surface area (Å²) in [5, 5.41) is 10.9. The number of aliphatic carboxylic acids is 1. The molecular weight excluding hydrogens is 172 g/mol. The third kappa shape index (κ3) is 7.27. The number of carbonyl (C=O) groups is 2. The maximum atomic E-state index is 10.9. The van der Waals surface area contributed by atoms with Gasteiger partial charge in [0.05, 0.1) is 6.04 Å². The highest BCUT2D eigenvalue weighted by Crippen LogP contribution is 1.93. The number of hydrogen-bond acceptors (Lipinski definition) is 3. The molecule has 5 nitrogen and oxygen atoms in total. The van der Waals surface area contributed by atoms with Gasteiger partial charge in [-0.1, -0.05) is 0 Å². The maximum absolute atomic E-state index is 10.9. The highest BCUT2D eigenvalue weighted by molar-refractivity contribution is 5.80. The van der Waals surface area contributed by atoms with Gasteiger partial charge in [0, 0.05) is 13.0 Å². The van der Waals surface area contributed by atoms with E-state index in [4.69, 9.17) is 10.8 Å². The number of nitrogens with one attached hydrogen (secondary N) is 1. The fourth-order valence-electron chi connectivity index (χ4n) is 0.774. The predicted molar refractivity (Wildman–Crippen MR) is 48.1 cm³/mol. The van der Waals surface area contributed by atoms with Crippen LogP contribution in [-0.2, 0) is 9.59 Å². The smallest absolute Gasteiger partial charge is 0.303 e. The molecule has 0 aliphatic carbocycles. The van der Waals surface area contributed by atoms with Gasteiger partial charge in [0.15, 0.2) is 0 Å². The number of hydrogen-bond donors (Lipinski definition) is 3. The molecule has 0 aliphatic heterocycles. The van der Waals surface area contributed by atoms with Crippen LogP contribution >= 0.6 is 0 Å². The summed E-state index contributed by atoms with van der Waals surface area (Å²) in [6, 6.07) is -0.500. The van der Waals surface area contributed by atoms with Crippen LogP contribution < -0.4 is 11.1 Å². The van der Waals surface area contributed by atoms with E-state index in [1.165, 1.54) is 0 Å². The van der Waals surface area contributed by atoms with Gasteiger partial charge in [-0.05, 0) is 19.8 Å². The maximum Gasteiger partial charge on any atom is 0.303 e. The van der Waals surface area contributed by atoms with E-state index >= 15 is 0 Å². The van der Waals surface area contributed by atoms with Crippen molar-refractivity contribution in [2.45, 2.75) is 32.2 Å². The number of unbranched alkanes of at least 4 members (excludes halogenated alkanes) is 1. The van der Waals surface area contributed by atoms with Gasteiger partial charge in [-0.15, -0.1) is 0 Å². The van der Waals surface area contributed by atoms with Gasteiger partial charge < -0.3 is 16.2 Å². The van der Waals surface area contributed by atoms with Crippen LogP contribution in [-0.4, -0.2) is 29.6 Å². The minimum atomic E-state index is -0.807. The van der Waals surface area contributed by atoms with Crippen molar-refractivity contribution in [1.29, 1.82) is 0 Å². The normalized spacial score (nSPS) is 12.2. The Labute approximate surface area is 77.3 Å². The lowest BCUT2D eigenvalue weighted by Gasteiger charge is -2.06. The van der Waals surface area contributed by atoms with Crippen molar-refractivity contribution in [2.75, 3.05) is 6.54 Å². The largest absolute Gasteiger partial charge is 0.481 e. The number of amides is 1. The Bertz CT molecular complexity index is 180. The molecule has 0 heterocycles. The molecule has 4 N–H and O–H groups in total. The highest BCUT2D eigenvalue weighted by Gasteiger charge is 2.05. The van der Waals surface area contributed by atoms with E-state index in [1.54, 1.807) is 6.92 Å². The van der Waals surface area contributed by atoms with Crippen LogP contribution in [0.5, 0.6) is 0 Å². The van der Waals surface area contributed by atoms with E-state index in [2.05, 4.69) is 5.32 Å². The van der Waals surface area contributed by atoms with E-state index in [9.17, 15) is 9.59 Å². The van der Waals surface area contributed by atoms with Crippen molar-refractivity contribution in [1.82, 2.24) is 5.32 Å². The van der Waals surface area contributed by atoms with Gasteiger partial charge in [0.2, 0.25) is 5.91 Å². The standard InChI is InChI=1S/C8H16N2O3/c1-6(9)8(13)10-5-3-2-4-7(11)12/h6H,2-5,9H2,1H3,(H,10,13)(H,11,12).